The van der Waals surface area contributed by atoms with Crippen LogP contribution < -0.4 is 5.73 Å². The summed E-state index contributed by atoms with van der Waals surface area (Å²) in [7, 11) is 3.96. The standard InChI is InChI=1S/C13H23ClN4O/c1-4-10(8-15)7-12(19)13-11(14)9-16-18(13)6-5-17(2)3/h9-10H,4-8,15H2,1-3H3. The minimum absolute atomic E-state index is 0.0264. The zero-order valence-corrected chi connectivity index (χ0v) is 12.7. The number of carbonyl (C=O) groups is 1. The molecule has 2 N–H and O–H groups in total. The van der Waals surface area contributed by atoms with Crippen molar-refractivity contribution in [3.63, 3.8) is 0 Å². The summed E-state index contributed by atoms with van der Waals surface area (Å²) in [4.78, 5) is 14.3. The lowest BCUT2D eigenvalue weighted by Crippen LogP contribution is -2.23. The van der Waals surface area contributed by atoms with E-state index in [1.807, 2.05) is 25.9 Å². The molecule has 0 saturated carbocycles. The molecule has 0 radical (unpaired) electrons. The molecule has 0 aliphatic carbocycles. The summed E-state index contributed by atoms with van der Waals surface area (Å²) in [5.41, 5.74) is 6.15. The summed E-state index contributed by atoms with van der Waals surface area (Å²) in [6, 6.07) is 0. The minimum Gasteiger partial charge on any atom is -0.330 e. The van der Waals surface area contributed by atoms with Crippen LogP contribution in [0.4, 0.5) is 0 Å². The fourth-order valence-electron chi connectivity index (χ4n) is 1.86. The molecule has 0 amide bonds. The van der Waals surface area contributed by atoms with Crippen molar-refractivity contribution in [1.29, 1.82) is 0 Å². The Labute approximate surface area is 119 Å². The summed E-state index contributed by atoms with van der Waals surface area (Å²) in [6.45, 7) is 4.02. The van der Waals surface area contributed by atoms with Crippen molar-refractivity contribution in [3.05, 3.63) is 16.9 Å². The van der Waals surface area contributed by atoms with Crippen molar-refractivity contribution in [1.82, 2.24) is 14.7 Å². The van der Waals surface area contributed by atoms with Crippen LogP contribution in [0.25, 0.3) is 0 Å². The first-order valence-corrected chi connectivity index (χ1v) is 6.96. The molecule has 1 unspecified atom stereocenters. The molecule has 0 aliphatic heterocycles. The van der Waals surface area contributed by atoms with Gasteiger partial charge in [-0.1, -0.05) is 24.9 Å². The first kappa shape index (κ1) is 16.1. The van der Waals surface area contributed by atoms with E-state index < -0.39 is 0 Å². The number of nitrogens with two attached hydrogens (primary N) is 1. The van der Waals surface area contributed by atoms with Crippen molar-refractivity contribution < 1.29 is 4.79 Å². The van der Waals surface area contributed by atoms with Gasteiger partial charge in [-0.2, -0.15) is 5.10 Å². The second kappa shape index (κ2) is 7.62. The van der Waals surface area contributed by atoms with Gasteiger partial charge in [-0.25, -0.2) is 0 Å². The molecule has 0 spiro atoms. The van der Waals surface area contributed by atoms with Crippen LogP contribution >= 0.6 is 11.6 Å². The summed E-state index contributed by atoms with van der Waals surface area (Å²) in [5, 5.41) is 4.60. The Morgan fingerprint density at radius 3 is 2.79 bits per heavy atom. The molecular formula is C13H23ClN4O. The zero-order chi connectivity index (χ0) is 14.4. The van der Waals surface area contributed by atoms with Crippen LogP contribution in [0.5, 0.6) is 0 Å². The van der Waals surface area contributed by atoms with Gasteiger partial charge in [0, 0.05) is 13.0 Å². The summed E-state index contributed by atoms with van der Waals surface area (Å²) < 4.78 is 1.69. The molecule has 5 nitrogen and oxygen atoms in total. The average molecular weight is 287 g/mol. The number of hydrogen-bond donors (Lipinski definition) is 1. The predicted molar refractivity (Wildman–Crippen MR) is 77.6 cm³/mol. The van der Waals surface area contributed by atoms with E-state index in [1.165, 1.54) is 6.20 Å². The molecule has 108 valence electrons. The number of rotatable bonds is 8. The van der Waals surface area contributed by atoms with E-state index in [1.54, 1.807) is 4.68 Å². The fourth-order valence-corrected chi connectivity index (χ4v) is 2.10. The zero-order valence-electron chi connectivity index (χ0n) is 11.9. The molecule has 6 heteroatoms. The Bertz CT molecular complexity index is 413. The Morgan fingerprint density at radius 2 is 2.26 bits per heavy atom. The first-order valence-electron chi connectivity index (χ1n) is 6.58. The van der Waals surface area contributed by atoms with E-state index in [9.17, 15) is 4.79 Å². The molecule has 1 rings (SSSR count). The Morgan fingerprint density at radius 1 is 1.58 bits per heavy atom. The number of carbonyl (C=O) groups excluding carboxylic acids is 1. The van der Waals surface area contributed by atoms with Gasteiger partial charge < -0.3 is 10.6 Å². The number of hydrogen-bond acceptors (Lipinski definition) is 4. The maximum absolute atomic E-state index is 12.3. The first-order chi connectivity index (χ1) is 8.99. The molecule has 1 aromatic rings. The van der Waals surface area contributed by atoms with Gasteiger partial charge in [0.15, 0.2) is 5.78 Å². The summed E-state index contributed by atoms with van der Waals surface area (Å²) in [5.74, 6) is 0.235. The van der Waals surface area contributed by atoms with Crippen LogP contribution in [0.3, 0.4) is 0 Å². The van der Waals surface area contributed by atoms with Gasteiger partial charge in [0.25, 0.3) is 0 Å². The van der Waals surface area contributed by atoms with Crippen LogP contribution in [0.15, 0.2) is 6.20 Å². The van der Waals surface area contributed by atoms with Gasteiger partial charge in [-0.3, -0.25) is 9.48 Å². The van der Waals surface area contributed by atoms with Gasteiger partial charge in [-0.15, -0.1) is 0 Å². The van der Waals surface area contributed by atoms with Crippen molar-refractivity contribution in [2.75, 3.05) is 27.2 Å². The molecule has 0 fully saturated rings. The molecule has 0 saturated heterocycles. The fraction of sp³-hybridized carbons (Fsp3) is 0.692. The average Bonchev–Trinajstić information content (AvgIpc) is 2.74. The van der Waals surface area contributed by atoms with E-state index >= 15 is 0 Å². The van der Waals surface area contributed by atoms with E-state index in [0.29, 0.717) is 30.2 Å². The van der Waals surface area contributed by atoms with Crippen molar-refractivity contribution in [2.24, 2.45) is 11.7 Å². The Balaban J connectivity index is 2.80. The third-order valence-electron chi connectivity index (χ3n) is 3.20. The monoisotopic (exact) mass is 286 g/mol. The van der Waals surface area contributed by atoms with Gasteiger partial charge in [0.05, 0.1) is 17.8 Å². The number of Topliss-reactive ketones (excluding diaryl/α,β-unsaturated/α-hetero) is 1. The predicted octanol–water partition coefficient (Wildman–Crippen LogP) is 1.66. The van der Waals surface area contributed by atoms with Crippen LogP contribution in [-0.2, 0) is 6.54 Å². The molecular weight excluding hydrogens is 264 g/mol. The van der Waals surface area contributed by atoms with Crippen LogP contribution in [0, 0.1) is 5.92 Å². The third kappa shape index (κ3) is 4.60. The largest absolute Gasteiger partial charge is 0.330 e. The summed E-state index contributed by atoms with van der Waals surface area (Å²) >= 11 is 6.08. The van der Waals surface area contributed by atoms with Crippen molar-refractivity contribution >= 4 is 17.4 Å². The molecule has 19 heavy (non-hydrogen) atoms. The highest BCUT2D eigenvalue weighted by atomic mass is 35.5. The normalized spacial score (nSPS) is 12.9. The third-order valence-corrected chi connectivity index (χ3v) is 3.48. The Hall–Kier alpha value is -0.910. The molecule has 1 aromatic heterocycles. The van der Waals surface area contributed by atoms with E-state index in [0.717, 1.165) is 13.0 Å². The number of halogens is 1. The lowest BCUT2D eigenvalue weighted by molar-refractivity contribution is 0.0950. The molecule has 1 heterocycles. The van der Waals surface area contributed by atoms with E-state index in [-0.39, 0.29) is 11.7 Å². The SMILES string of the molecule is CCC(CN)CC(=O)c1c(Cl)cnn1CCN(C)C. The highest BCUT2D eigenvalue weighted by molar-refractivity contribution is 6.33. The molecule has 1 atom stereocenters. The second-order valence-electron chi connectivity index (χ2n) is 5.00. The quantitative estimate of drug-likeness (QED) is 0.738. The van der Waals surface area contributed by atoms with Gasteiger partial charge >= 0.3 is 0 Å². The van der Waals surface area contributed by atoms with E-state index in [2.05, 4.69) is 5.10 Å². The number of likely N-dealkylation sites (N-methyl/N-ethyl adjacent to an activating group) is 1. The number of nitrogens with zero attached hydrogens (tertiary/aromatic N) is 3. The maximum Gasteiger partial charge on any atom is 0.182 e. The molecule has 0 aliphatic rings. The van der Waals surface area contributed by atoms with Crippen molar-refractivity contribution in [3.8, 4) is 0 Å². The lowest BCUT2D eigenvalue weighted by atomic mass is 9.98. The van der Waals surface area contributed by atoms with Crippen LogP contribution in [0.2, 0.25) is 5.02 Å². The van der Waals surface area contributed by atoms with Gasteiger partial charge in [-0.05, 0) is 26.6 Å². The van der Waals surface area contributed by atoms with Crippen LogP contribution in [0.1, 0.15) is 30.3 Å². The molecule has 0 bridgehead atoms. The highest BCUT2D eigenvalue weighted by Gasteiger charge is 2.20. The highest BCUT2D eigenvalue weighted by Crippen LogP contribution is 2.20. The Kier molecular flexibility index (Phi) is 6.48. The summed E-state index contributed by atoms with van der Waals surface area (Å²) in [6.07, 6.45) is 2.86. The van der Waals surface area contributed by atoms with Crippen molar-refractivity contribution in [2.45, 2.75) is 26.3 Å². The molecule has 0 aromatic carbocycles. The van der Waals surface area contributed by atoms with E-state index in [4.69, 9.17) is 17.3 Å². The number of ketones is 1. The maximum atomic E-state index is 12.3. The second-order valence-corrected chi connectivity index (χ2v) is 5.41. The van der Waals surface area contributed by atoms with Crippen LogP contribution in [-0.4, -0.2) is 47.6 Å². The smallest absolute Gasteiger partial charge is 0.182 e. The number of aromatic nitrogens is 2. The topological polar surface area (TPSA) is 64.2 Å². The van der Waals surface area contributed by atoms with Gasteiger partial charge in [0.1, 0.15) is 5.69 Å². The van der Waals surface area contributed by atoms with Gasteiger partial charge in [0.2, 0.25) is 0 Å². The minimum atomic E-state index is 0.0264. The lowest BCUT2D eigenvalue weighted by Gasteiger charge is -2.14.